The number of hydrogen-bond donors (Lipinski definition) is 0. The molecule has 0 heterocycles. The molecule has 4 rings (SSSR count). The van der Waals surface area contributed by atoms with Crippen molar-refractivity contribution in [1.29, 1.82) is 0 Å². The summed E-state index contributed by atoms with van der Waals surface area (Å²) in [5.74, 6) is 0. The van der Waals surface area contributed by atoms with E-state index in [2.05, 4.69) is 0 Å². The monoisotopic (exact) mass is 492 g/mol. The Balaban J connectivity index is 0.000000349. The van der Waals surface area contributed by atoms with Gasteiger partial charge in [-0.15, -0.1) is 0 Å². The minimum Gasteiger partial charge on any atom is -0.319 e. The molecule has 2 nitrogen and oxygen atoms in total. The molecule has 0 bridgehead atoms. The van der Waals surface area contributed by atoms with Crippen LogP contribution in [-0.4, -0.2) is 13.3 Å². The maximum absolute atomic E-state index is 13.8. The van der Waals surface area contributed by atoms with Gasteiger partial charge >= 0.3 is 0 Å². The van der Waals surface area contributed by atoms with Gasteiger partial charge in [-0.1, -0.05) is 149 Å². The van der Waals surface area contributed by atoms with Gasteiger partial charge in [0.25, 0.3) is 0 Å². The summed E-state index contributed by atoms with van der Waals surface area (Å²) in [6.45, 7) is 11.6. The van der Waals surface area contributed by atoms with E-state index in [0.717, 1.165) is 21.2 Å². The van der Waals surface area contributed by atoms with E-state index in [4.69, 9.17) is 0 Å². The lowest BCUT2D eigenvalue weighted by Crippen LogP contribution is -2.24. The first-order valence-electron chi connectivity index (χ1n) is 11.8. The second kappa shape index (κ2) is 15.3. The molecule has 0 aliphatic heterocycles. The zero-order valence-corrected chi connectivity index (χ0v) is 23.0. The molecule has 0 atom stereocenters. The molecule has 4 aromatic carbocycles. The van der Waals surface area contributed by atoms with E-state index >= 15 is 0 Å². The molecule has 0 amide bonds. The van der Waals surface area contributed by atoms with Gasteiger partial charge < -0.3 is 9.13 Å². The van der Waals surface area contributed by atoms with Crippen molar-refractivity contribution in [1.82, 2.24) is 0 Å². The van der Waals surface area contributed by atoms with Crippen LogP contribution < -0.4 is 21.2 Å². The Kier molecular flexibility index (Phi) is 13.2. The third-order valence-corrected chi connectivity index (χ3v) is 9.36. The van der Waals surface area contributed by atoms with Crippen LogP contribution in [0.5, 0.6) is 0 Å². The fourth-order valence-corrected chi connectivity index (χ4v) is 6.71. The van der Waals surface area contributed by atoms with Gasteiger partial charge in [-0.05, 0) is 13.3 Å². The summed E-state index contributed by atoms with van der Waals surface area (Å²) in [5.41, 5.74) is 0. The first-order valence-corrected chi connectivity index (χ1v) is 16.1. The van der Waals surface area contributed by atoms with Crippen LogP contribution in [0, 0.1) is 0 Å². The third kappa shape index (κ3) is 8.28. The Hall–Kier alpha value is -2.66. The third-order valence-electron chi connectivity index (χ3n) is 4.74. The molecule has 4 heteroatoms. The van der Waals surface area contributed by atoms with E-state index in [-0.39, 0.29) is 0 Å². The lowest BCUT2D eigenvalue weighted by molar-refractivity contribution is 0.588. The van der Waals surface area contributed by atoms with Crippen molar-refractivity contribution in [2.24, 2.45) is 0 Å². The molecule has 0 radical (unpaired) electrons. The zero-order valence-electron chi connectivity index (χ0n) is 21.3. The van der Waals surface area contributed by atoms with Crippen molar-refractivity contribution < 1.29 is 9.13 Å². The van der Waals surface area contributed by atoms with E-state index < -0.39 is 14.3 Å². The van der Waals surface area contributed by atoms with Gasteiger partial charge in [0.05, 0.1) is 0 Å². The van der Waals surface area contributed by atoms with Gasteiger partial charge in [0.2, 0.25) is 0 Å². The Labute approximate surface area is 206 Å². The van der Waals surface area contributed by atoms with Crippen LogP contribution in [0.4, 0.5) is 0 Å². The smallest absolute Gasteiger partial charge is 0.171 e. The molecule has 180 valence electrons. The van der Waals surface area contributed by atoms with Crippen molar-refractivity contribution in [2.45, 2.75) is 27.7 Å². The Bertz CT molecular complexity index is 1030. The number of hydrogen-bond acceptors (Lipinski definition) is 2. The molecule has 34 heavy (non-hydrogen) atoms. The van der Waals surface area contributed by atoms with Crippen molar-refractivity contribution in [3.05, 3.63) is 121 Å². The van der Waals surface area contributed by atoms with Gasteiger partial charge in [0, 0.05) is 21.2 Å². The predicted molar refractivity (Wildman–Crippen MR) is 154 cm³/mol. The molecule has 0 fully saturated rings. The van der Waals surface area contributed by atoms with Crippen molar-refractivity contribution >= 4 is 35.5 Å². The first kappa shape index (κ1) is 29.4. The molecule has 0 aromatic heterocycles. The lowest BCUT2D eigenvalue weighted by Gasteiger charge is -2.19. The van der Waals surface area contributed by atoms with Crippen LogP contribution in [-0.2, 0) is 9.13 Å². The summed E-state index contributed by atoms with van der Waals surface area (Å²) < 4.78 is 25.2. The summed E-state index contributed by atoms with van der Waals surface area (Å²) in [6, 6.07) is 38.7. The molecule has 0 saturated heterocycles. The molecule has 0 aliphatic rings. The summed E-state index contributed by atoms with van der Waals surface area (Å²) in [4.78, 5) is 0. The number of benzene rings is 4. The van der Waals surface area contributed by atoms with Crippen LogP contribution in [0.2, 0.25) is 0 Å². The van der Waals surface area contributed by atoms with Gasteiger partial charge in [0.15, 0.2) is 7.14 Å². The predicted octanol–water partition coefficient (Wildman–Crippen LogP) is 7.31. The largest absolute Gasteiger partial charge is 0.319 e. The lowest BCUT2D eigenvalue weighted by atomic mass is 10.4. The van der Waals surface area contributed by atoms with Crippen LogP contribution in [0.25, 0.3) is 0 Å². The van der Waals surface area contributed by atoms with Crippen molar-refractivity contribution in [3.8, 4) is 0 Å². The minimum atomic E-state index is -2.78. The highest BCUT2D eigenvalue weighted by Crippen LogP contribution is 2.41. The SMILES string of the molecule is CC.CC.CP(C)(=O)c1ccccc1.O=P(c1ccccc1)(c1ccccc1)c1ccccc1. The molecule has 4 aromatic rings. The first-order chi connectivity index (χ1) is 16.4. The van der Waals surface area contributed by atoms with Gasteiger partial charge in [-0.2, -0.15) is 0 Å². The average molecular weight is 493 g/mol. The maximum atomic E-state index is 13.8. The van der Waals surface area contributed by atoms with Gasteiger partial charge in [-0.3, -0.25) is 0 Å². The highest BCUT2D eigenvalue weighted by molar-refractivity contribution is 7.85. The molecule has 0 saturated carbocycles. The summed E-state index contributed by atoms with van der Waals surface area (Å²) in [5, 5.41) is 3.57. The van der Waals surface area contributed by atoms with E-state index in [1.54, 1.807) is 13.3 Å². The van der Waals surface area contributed by atoms with Crippen LogP contribution in [0.1, 0.15) is 27.7 Å². The molecule has 0 N–H and O–H groups in total. The number of rotatable bonds is 4. The van der Waals surface area contributed by atoms with Gasteiger partial charge in [0.1, 0.15) is 7.14 Å². The van der Waals surface area contributed by atoms with Crippen molar-refractivity contribution in [3.63, 3.8) is 0 Å². The summed E-state index contributed by atoms with van der Waals surface area (Å²) in [6.07, 6.45) is 0. The Morgan fingerprint density at radius 2 is 0.588 bits per heavy atom. The molecular formula is C30H38O2P2. The molecule has 0 spiro atoms. The van der Waals surface area contributed by atoms with E-state index in [1.165, 1.54) is 0 Å². The summed E-state index contributed by atoms with van der Waals surface area (Å²) >= 11 is 0. The molecule has 0 unspecified atom stereocenters. The van der Waals surface area contributed by atoms with Crippen LogP contribution >= 0.6 is 14.3 Å². The fourth-order valence-electron chi connectivity index (χ4n) is 3.15. The topological polar surface area (TPSA) is 34.1 Å². The van der Waals surface area contributed by atoms with E-state index in [1.807, 2.05) is 149 Å². The van der Waals surface area contributed by atoms with Gasteiger partial charge in [-0.25, -0.2) is 0 Å². The van der Waals surface area contributed by atoms with Crippen molar-refractivity contribution in [2.75, 3.05) is 13.3 Å². The highest BCUT2D eigenvalue weighted by atomic mass is 31.2. The van der Waals surface area contributed by atoms with E-state index in [0.29, 0.717) is 0 Å². The molecule has 0 aliphatic carbocycles. The Morgan fingerprint density at radius 3 is 0.765 bits per heavy atom. The average Bonchev–Trinajstić information content (AvgIpc) is 2.92. The van der Waals surface area contributed by atoms with Crippen LogP contribution in [0.15, 0.2) is 121 Å². The maximum Gasteiger partial charge on any atom is 0.171 e. The second-order valence-electron chi connectivity index (χ2n) is 7.30. The fraction of sp³-hybridized carbons (Fsp3) is 0.200. The minimum absolute atomic E-state index is 0.873. The Morgan fingerprint density at radius 1 is 0.382 bits per heavy atom. The van der Waals surface area contributed by atoms with E-state index in [9.17, 15) is 9.13 Å². The zero-order chi connectivity index (χ0) is 25.5. The quantitative estimate of drug-likeness (QED) is 0.280. The molecular weight excluding hydrogens is 454 g/mol. The standard InChI is InChI=1S/C18H15OP.C8H11OP.2C2H6/c19-20(16-10-4-1-5-11-16,17-12-6-2-7-13-17)18-14-8-3-9-15-18;1-10(2,9)8-6-4-3-5-7-8;2*1-2/h1-15H;3-7H,1-2H3;2*1-2H3. The summed E-state index contributed by atoms with van der Waals surface area (Å²) in [7, 11) is -4.79. The second-order valence-corrected chi connectivity index (χ2v) is 13.3. The highest BCUT2D eigenvalue weighted by Gasteiger charge is 2.28. The van der Waals surface area contributed by atoms with Crippen LogP contribution in [0.3, 0.4) is 0 Å². The normalized spacial score (nSPS) is 10.3.